The number of aliphatic hydroxyl groups is 1. The molecule has 0 aromatic heterocycles. The van der Waals surface area contributed by atoms with Crippen molar-refractivity contribution < 1.29 is 19.4 Å². The van der Waals surface area contributed by atoms with Gasteiger partial charge in [-0.15, -0.1) is 0 Å². The molecule has 1 aromatic rings. The van der Waals surface area contributed by atoms with Crippen LogP contribution in [0.3, 0.4) is 0 Å². The Balaban J connectivity index is 2.27. The van der Waals surface area contributed by atoms with Crippen LogP contribution in [0.5, 0.6) is 5.75 Å². The molecule has 0 radical (unpaired) electrons. The van der Waals surface area contributed by atoms with Crippen LogP contribution in [0.2, 0.25) is 0 Å². The molecule has 0 unspecified atom stereocenters. The molecule has 0 saturated heterocycles. The highest BCUT2D eigenvalue weighted by atomic mass is 16.5. The average Bonchev–Trinajstić information content (AvgIpc) is 2.70. The predicted molar refractivity (Wildman–Crippen MR) is 118 cm³/mol. The average molecular weight is 421 g/mol. The molecule has 1 heterocycles. The van der Waals surface area contributed by atoms with Gasteiger partial charge < -0.3 is 30.3 Å². The van der Waals surface area contributed by atoms with Gasteiger partial charge in [-0.3, -0.25) is 9.59 Å². The third-order valence-electron chi connectivity index (χ3n) is 5.36. The Kier molecular flexibility index (Phi) is 9.08. The van der Waals surface area contributed by atoms with E-state index in [1.165, 1.54) is 0 Å². The number of aliphatic hydroxyl groups excluding tert-OH is 1. The van der Waals surface area contributed by atoms with Crippen molar-refractivity contribution in [1.82, 2.24) is 15.1 Å². The maximum atomic E-state index is 13.3. The number of carbonyl (C=O) groups excluding carboxylic acids is 2. The molecule has 2 amide bonds. The fourth-order valence-electron chi connectivity index (χ4n) is 3.52. The molecule has 0 aliphatic carbocycles. The molecule has 30 heavy (non-hydrogen) atoms. The van der Waals surface area contributed by atoms with Gasteiger partial charge >= 0.3 is 0 Å². The van der Waals surface area contributed by atoms with E-state index in [0.717, 1.165) is 13.0 Å². The fraction of sp³-hybridized carbons (Fsp3) is 0.636. The highest BCUT2D eigenvalue weighted by Crippen LogP contribution is 2.30. The zero-order valence-electron chi connectivity index (χ0n) is 18.8. The van der Waals surface area contributed by atoms with Gasteiger partial charge in [0.15, 0.2) is 0 Å². The van der Waals surface area contributed by atoms with Gasteiger partial charge in [-0.05, 0) is 59.2 Å². The largest absolute Gasteiger partial charge is 0.488 e. The van der Waals surface area contributed by atoms with Crippen LogP contribution in [-0.4, -0.2) is 86.3 Å². The summed E-state index contributed by atoms with van der Waals surface area (Å²) in [5.41, 5.74) is 0.963. The van der Waals surface area contributed by atoms with Gasteiger partial charge in [-0.25, -0.2) is 0 Å². The SMILES string of the molecule is CNC[C@@H]1Oc2ccc(NC(=O)CCCN(C)C)cc2C(=O)N([C@@H](C)CO)C[C@H]1C. The quantitative estimate of drug-likeness (QED) is 0.559. The van der Waals surface area contributed by atoms with Crippen LogP contribution in [0.4, 0.5) is 5.69 Å². The Morgan fingerprint density at radius 2 is 2.13 bits per heavy atom. The van der Waals surface area contributed by atoms with E-state index in [1.54, 1.807) is 23.1 Å². The van der Waals surface area contributed by atoms with E-state index >= 15 is 0 Å². The second-order valence-electron chi connectivity index (χ2n) is 8.35. The third kappa shape index (κ3) is 6.42. The second-order valence-corrected chi connectivity index (χ2v) is 8.35. The monoisotopic (exact) mass is 420 g/mol. The summed E-state index contributed by atoms with van der Waals surface area (Å²) in [6, 6.07) is 4.86. The summed E-state index contributed by atoms with van der Waals surface area (Å²) < 4.78 is 6.18. The van der Waals surface area contributed by atoms with Gasteiger partial charge in [0.25, 0.3) is 5.91 Å². The summed E-state index contributed by atoms with van der Waals surface area (Å²) in [5.74, 6) is 0.287. The minimum absolute atomic E-state index is 0.0830. The highest BCUT2D eigenvalue weighted by molar-refractivity contribution is 5.99. The summed E-state index contributed by atoms with van der Waals surface area (Å²) in [5, 5.41) is 15.7. The molecule has 1 aromatic carbocycles. The predicted octanol–water partition coefficient (Wildman–Crippen LogP) is 1.41. The van der Waals surface area contributed by atoms with Gasteiger partial charge in [0.05, 0.1) is 18.2 Å². The molecular weight excluding hydrogens is 384 g/mol. The Labute approximate surface area is 179 Å². The van der Waals surface area contributed by atoms with Crippen molar-refractivity contribution >= 4 is 17.5 Å². The molecule has 0 spiro atoms. The molecule has 0 bridgehead atoms. The van der Waals surface area contributed by atoms with Gasteiger partial charge in [0.2, 0.25) is 5.91 Å². The molecule has 2 rings (SSSR count). The van der Waals surface area contributed by atoms with Gasteiger partial charge in [-0.2, -0.15) is 0 Å². The Morgan fingerprint density at radius 3 is 2.77 bits per heavy atom. The number of hydrogen-bond donors (Lipinski definition) is 3. The van der Waals surface area contributed by atoms with Crippen LogP contribution < -0.4 is 15.4 Å². The number of fused-ring (bicyclic) bond motifs is 1. The molecule has 3 atom stereocenters. The first-order valence-corrected chi connectivity index (χ1v) is 10.6. The number of ether oxygens (including phenoxy) is 1. The van der Waals surface area contributed by atoms with Crippen molar-refractivity contribution in [3.63, 3.8) is 0 Å². The van der Waals surface area contributed by atoms with Crippen molar-refractivity contribution in [1.29, 1.82) is 0 Å². The molecule has 1 aliphatic heterocycles. The van der Waals surface area contributed by atoms with Crippen LogP contribution in [0.25, 0.3) is 0 Å². The summed E-state index contributed by atoms with van der Waals surface area (Å²) >= 11 is 0. The van der Waals surface area contributed by atoms with Crippen molar-refractivity contribution in [2.75, 3.05) is 52.7 Å². The highest BCUT2D eigenvalue weighted by Gasteiger charge is 2.32. The number of amides is 2. The number of likely N-dealkylation sites (N-methyl/N-ethyl adjacent to an activating group) is 1. The van der Waals surface area contributed by atoms with Crippen molar-refractivity contribution in [2.45, 2.75) is 38.8 Å². The summed E-state index contributed by atoms with van der Waals surface area (Å²) in [7, 11) is 5.81. The van der Waals surface area contributed by atoms with E-state index in [9.17, 15) is 14.7 Å². The molecule has 0 saturated carbocycles. The Hall–Kier alpha value is -2.16. The van der Waals surface area contributed by atoms with E-state index in [4.69, 9.17) is 4.74 Å². The van der Waals surface area contributed by atoms with E-state index in [0.29, 0.717) is 36.5 Å². The van der Waals surface area contributed by atoms with Gasteiger partial charge in [0, 0.05) is 31.1 Å². The normalized spacial score (nSPS) is 20.2. The van der Waals surface area contributed by atoms with E-state index in [1.807, 2.05) is 39.9 Å². The lowest BCUT2D eigenvalue weighted by Crippen LogP contribution is -2.49. The zero-order valence-corrected chi connectivity index (χ0v) is 18.8. The van der Waals surface area contributed by atoms with Gasteiger partial charge in [0.1, 0.15) is 11.9 Å². The number of anilines is 1. The standard InChI is InChI=1S/C22H36N4O4/c1-15-13-26(16(2)14-27)22(29)18-11-17(24-21(28)7-6-10-25(4)5)8-9-19(18)30-20(15)12-23-3/h8-9,11,15-16,20,23,27H,6-7,10,12-14H2,1-5H3,(H,24,28)/t15-,16+,20+/m1/s1. The van der Waals surface area contributed by atoms with Crippen LogP contribution >= 0.6 is 0 Å². The zero-order chi connectivity index (χ0) is 22.3. The maximum Gasteiger partial charge on any atom is 0.258 e. The second kappa shape index (κ2) is 11.3. The topological polar surface area (TPSA) is 94.1 Å². The summed E-state index contributed by atoms with van der Waals surface area (Å²) in [4.78, 5) is 29.3. The first-order chi connectivity index (χ1) is 14.3. The number of hydrogen-bond acceptors (Lipinski definition) is 6. The van der Waals surface area contributed by atoms with Crippen LogP contribution in [0.15, 0.2) is 18.2 Å². The molecule has 8 nitrogen and oxygen atoms in total. The first kappa shape index (κ1) is 24.1. The number of rotatable bonds is 9. The molecule has 168 valence electrons. The fourth-order valence-corrected chi connectivity index (χ4v) is 3.52. The summed E-state index contributed by atoms with van der Waals surface area (Å²) in [6.07, 6.45) is 1.05. The van der Waals surface area contributed by atoms with E-state index in [2.05, 4.69) is 10.6 Å². The molecule has 0 fully saturated rings. The number of nitrogens with one attached hydrogen (secondary N) is 2. The molecule has 3 N–H and O–H groups in total. The van der Waals surface area contributed by atoms with Gasteiger partial charge in [-0.1, -0.05) is 6.92 Å². The lowest BCUT2D eigenvalue weighted by Gasteiger charge is -2.37. The minimum Gasteiger partial charge on any atom is -0.488 e. The lowest BCUT2D eigenvalue weighted by molar-refractivity contribution is -0.116. The third-order valence-corrected chi connectivity index (χ3v) is 5.36. The van der Waals surface area contributed by atoms with Crippen molar-refractivity contribution in [2.24, 2.45) is 5.92 Å². The molecule has 1 aliphatic rings. The first-order valence-electron chi connectivity index (χ1n) is 10.6. The maximum absolute atomic E-state index is 13.3. The number of carbonyl (C=O) groups is 2. The van der Waals surface area contributed by atoms with E-state index in [-0.39, 0.29) is 36.5 Å². The number of nitrogens with zero attached hydrogens (tertiary/aromatic N) is 2. The van der Waals surface area contributed by atoms with Crippen LogP contribution in [-0.2, 0) is 4.79 Å². The van der Waals surface area contributed by atoms with Crippen LogP contribution in [0, 0.1) is 5.92 Å². The number of benzene rings is 1. The minimum atomic E-state index is -0.314. The smallest absolute Gasteiger partial charge is 0.258 e. The summed E-state index contributed by atoms with van der Waals surface area (Å²) in [6.45, 7) is 5.71. The Bertz CT molecular complexity index is 725. The Morgan fingerprint density at radius 1 is 1.40 bits per heavy atom. The lowest BCUT2D eigenvalue weighted by atomic mass is 9.99. The molecular formula is C22H36N4O4. The van der Waals surface area contributed by atoms with E-state index < -0.39 is 0 Å². The van der Waals surface area contributed by atoms with Crippen molar-refractivity contribution in [3.8, 4) is 5.75 Å². The molecule has 8 heteroatoms. The van der Waals surface area contributed by atoms with Crippen LogP contribution in [0.1, 0.15) is 37.0 Å². The van der Waals surface area contributed by atoms with Crippen molar-refractivity contribution in [3.05, 3.63) is 23.8 Å².